The van der Waals surface area contributed by atoms with Crippen molar-refractivity contribution in [3.63, 3.8) is 0 Å². The third-order valence-corrected chi connectivity index (χ3v) is 2.28. The highest BCUT2D eigenvalue weighted by Crippen LogP contribution is 2.11. The van der Waals surface area contributed by atoms with Gasteiger partial charge in [-0.15, -0.1) is 0 Å². The minimum absolute atomic E-state index is 0.0844. The maximum Gasteiger partial charge on any atom is 0.277 e. The van der Waals surface area contributed by atoms with Crippen LogP contribution in [0.1, 0.15) is 11.3 Å². The highest BCUT2D eigenvalue weighted by atomic mass is 16.5. The Morgan fingerprint density at radius 1 is 1.42 bits per heavy atom. The molecule has 0 radical (unpaired) electrons. The molecule has 2 aromatic rings. The lowest BCUT2D eigenvalue weighted by Gasteiger charge is -2.05. The summed E-state index contributed by atoms with van der Waals surface area (Å²) in [7, 11) is 0. The Morgan fingerprint density at radius 2 is 2.32 bits per heavy atom. The van der Waals surface area contributed by atoms with Crippen LogP contribution in [0.25, 0.3) is 0 Å². The third kappa shape index (κ3) is 4.31. The molecule has 1 amide bonds. The third-order valence-electron chi connectivity index (χ3n) is 2.28. The van der Waals surface area contributed by atoms with Gasteiger partial charge in [0.25, 0.3) is 5.91 Å². The van der Waals surface area contributed by atoms with Crippen molar-refractivity contribution in [3.05, 3.63) is 54.0 Å². The van der Waals surface area contributed by atoms with Crippen LogP contribution in [-0.2, 0) is 4.79 Å². The van der Waals surface area contributed by atoms with E-state index in [4.69, 9.17) is 9.15 Å². The summed E-state index contributed by atoms with van der Waals surface area (Å²) in [5.74, 6) is 0.898. The molecule has 1 N–H and O–H groups in total. The number of hydrogen-bond donors (Lipinski definition) is 1. The van der Waals surface area contributed by atoms with Gasteiger partial charge in [0.05, 0.1) is 12.5 Å². The number of hydrogen-bond acceptors (Lipinski definition) is 4. The van der Waals surface area contributed by atoms with Gasteiger partial charge in [-0.3, -0.25) is 4.79 Å². The number of furan rings is 1. The molecule has 0 saturated carbocycles. The number of nitrogens with one attached hydrogen (secondary N) is 1. The van der Waals surface area contributed by atoms with E-state index in [1.807, 2.05) is 25.1 Å². The second kappa shape index (κ2) is 6.39. The van der Waals surface area contributed by atoms with Crippen LogP contribution in [0, 0.1) is 6.92 Å². The summed E-state index contributed by atoms with van der Waals surface area (Å²) in [6.07, 6.45) is 2.95. The van der Waals surface area contributed by atoms with Gasteiger partial charge in [0.1, 0.15) is 11.5 Å². The Balaban J connectivity index is 1.76. The molecule has 0 spiro atoms. The number of aryl methyl sites for hydroxylation is 1. The maximum atomic E-state index is 11.4. The first-order chi connectivity index (χ1) is 9.24. The van der Waals surface area contributed by atoms with Gasteiger partial charge in [-0.05, 0) is 36.8 Å². The van der Waals surface area contributed by atoms with E-state index in [-0.39, 0.29) is 12.5 Å². The molecule has 0 atom stereocenters. The van der Waals surface area contributed by atoms with Gasteiger partial charge in [0, 0.05) is 0 Å². The smallest absolute Gasteiger partial charge is 0.277 e. The van der Waals surface area contributed by atoms with Crippen molar-refractivity contribution in [3.8, 4) is 5.75 Å². The lowest BCUT2D eigenvalue weighted by molar-refractivity contribution is -0.123. The van der Waals surface area contributed by atoms with E-state index in [9.17, 15) is 4.79 Å². The largest absolute Gasteiger partial charge is 0.484 e. The van der Waals surface area contributed by atoms with Crippen LogP contribution in [0.15, 0.2) is 52.2 Å². The molecule has 0 aliphatic carbocycles. The number of hydrazone groups is 1. The molecule has 98 valence electrons. The summed E-state index contributed by atoms with van der Waals surface area (Å²) in [5.41, 5.74) is 3.43. The highest BCUT2D eigenvalue weighted by molar-refractivity contribution is 5.81. The van der Waals surface area contributed by atoms with E-state index in [1.165, 1.54) is 12.5 Å². The van der Waals surface area contributed by atoms with Gasteiger partial charge in [-0.2, -0.15) is 5.10 Å². The Labute approximate surface area is 110 Å². The topological polar surface area (TPSA) is 63.8 Å². The first-order valence-electron chi connectivity index (χ1n) is 5.79. The fraction of sp³-hybridized carbons (Fsp3) is 0.143. The Kier molecular flexibility index (Phi) is 4.34. The molecule has 1 aromatic heterocycles. The zero-order valence-corrected chi connectivity index (χ0v) is 10.5. The number of nitrogens with zero attached hydrogens (tertiary/aromatic N) is 1. The molecule has 0 aliphatic rings. The van der Waals surface area contributed by atoms with Crippen molar-refractivity contribution in [2.24, 2.45) is 5.10 Å². The summed E-state index contributed by atoms with van der Waals surface area (Å²) < 4.78 is 10.4. The molecule has 0 saturated heterocycles. The Hall–Kier alpha value is -2.56. The van der Waals surface area contributed by atoms with Crippen LogP contribution in [-0.4, -0.2) is 18.7 Å². The monoisotopic (exact) mass is 258 g/mol. The van der Waals surface area contributed by atoms with Gasteiger partial charge in [0.15, 0.2) is 6.61 Å². The summed E-state index contributed by atoms with van der Waals surface area (Å²) in [6, 6.07) is 11.0. The van der Waals surface area contributed by atoms with Crippen molar-refractivity contribution >= 4 is 12.1 Å². The average molecular weight is 258 g/mol. The van der Waals surface area contributed by atoms with Crippen molar-refractivity contribution in [1.29, 1.82) is 0 Å². The minimum Gasteiger partial charge on any atom is -0.484 e. The molecule has 0 fully saturated rings. The normalized spacial score (nSPS) is 10.6. The van der Waals surface area contributed by atoms with E-state index in [2.05, 4.69) is 10.5 Å². The number of rotatable bonds is 5. The quantitative estimate of drug-likeness (QED) is 0.660. The fourth-order valence-electron chi connectivity index (χ4n) is 1.42. The predicted octanol–water partition coefficient (Wildman–Crippen LogP) is 2.12. The molecule has 0 unspecified atom stereocenters. The fourth-order valence-corrected chi connectivity index (χ4v) is 1.42. The molecule has 0 aliphatic heterocycles. The first-order valence-corrected chi connectivity index (χ1v) is 5.79. The molecule has 19 heavy (non-hydrogen) atoms. The lowest BCUT2D eigenvalue weighted by atomic mass is 10.2. The average Bonchev–Trinajstić information content (AvgIpc) is 2.90. The molecule has 1 heterocycles. The molecular weight excluding hydrogens is 244 g/mol. The molecule has 0 bridgehead atoms. The van der Waals surface area contributed by atoms with Crippen LogP contribution >= 0.6 is 0 Å². The molecule has 5 heteroatoms. The van der Waals surface area contributed by atoms with Crippen LogP contribution in [0.3, 0.4) is 0 Å². The standard InChI is InChI=1S/C14H14N2O3/c1-11-4-2-5-12(8-11)19-10-14(17)16-15-9-13-6-3-7-18-13/h2-9H,10H2,1H3,(H,16,17)/b15-9+. The molecular formula is C14H14N2O3. The summed E-state index contributed by atoms with van der Waals surface area (Å²) in [4.78, 5) is 11.4. The van der Waals surface area contributed by atoms with Crippen LogP contribution in [0.4, 0.5) is 0 Å². The first kappa shape index (κ1) is 12.9. The number of carbonyl (C=O) groups is 1. The number of benzene rings is 1. The number of carbonyl (C=O) groups excluding carboxylic acids is 1. The van der Waals surface area contributed by atoms with E-state index < -0.39 is 0 Å². The highest BCUT2D eigenvalue weighted by Gasteiger charge is 2.01. The van der Waals surface area contributed by atoms with Crippen molar-refractivity contribution in [2.45, 2.75) is 6.92 Å². The van der Waals surface area contributed by atoms with Crippen LogP contribution < -0.4 is 10.2 Å². The number of amides is 1. The van der Waals surface area contributed by atoms with Gasteiger partial charge >= 0.3 is 0 Å². The lowest BCUT2D eigenvalue weighted by Crippen LogP contribution is -2.24. The summed E-state index contributed by atoms with van der Waals surface area (Å²) in [5, 5.41) is 3.75. The van der Waals surface area contributed by atoms with Crippen LogP contribution in [0.2, 0.25) is 0 Å². The second-order valence-corrected chi connectivity index (χ2v) is 3.91. The van der Waals surface area contributed by atoms with E-state index in [1.54, 1.807) is 18.2 Å². The number of ether oxygens (including phenoxy) is 1. The van der Waals surface area contributed by atoms with Crippen molar-refractivity contribution < 1.29 is 13.9 Å². The van der Waals surface area contributed by atoms with E-state index >= 15 is 0 Å². The van der Waals surface area contributed by atoms with Crippen LogP contribution in [0.5, 0.6) is 5.75 Å². The maximum absolute atomic E-state index is 11.4. The zero-order chi connectivity index (χ0) is 13.5. The Morgan fingerprint density at radius 3 is 3.05 bits per heavy atom. The summed E-state index contributed by atoms with van der Waals surface area (Å²) >= 11 is 0. The summed E-state index contributed by atoms with van der Waals surface area (Å²) in [6.45, 7) is 1.87. The van der Waals surface area contributed by atoms with Gasteiger partial charge in [-0.25, -0.2) is 5.43 Å². The second-order valence-electron chi connectivity index (χ2n) is 3.91. The van der Waals surface area contributed by atoms with Gasteiger partial charge in [-0.1, -0.05) is 12.1 Å². The minimum atomic E-state index is -0.329. The van der Waals surface area contributed by atoms with Crippen molar-refractivity contribution in [1.82, 2.24) is 5.43 Å². The predicted molar refractivity (Wildman–Crippen MR) is 71.1 cm³/mol. The zero-order valence-electron chi connectivity index (χ0n) is 10.5. The molecule has 2 rings (SSSR count). The molecule has 1 aromatic carbocycles. The van der Waals surface area contributed by atoms with Crippen molar-refractivity contribution in [2.75, 3.05) is 6.61 Å². The Bertz CT molecular complexity index is 562. The van der Waals surface area contributed by atoms with E-state index in [0.29, 0.717) is 11.5 Å². The van der Waals surface area contributed by atoms with E-state index in [0.717, 1.165) is 5.56 Å². The van der Waals surface area contributed by atoms with Gasteiger partial charge in [0.2, 0.25) is 0 Å². The van der Waals surface area contributed by atoms with Gasteiger partial charge < -0.3 is 9.15 Å². The molecule has 5 nitrogen and oxygen atoms in total. The SMILES string of the molecule is Cc1cccc(OCC(=O)N/N=C/c2ccco2)c1.